The normalized spacial score (nSPS) is 22.0. The van der Waals surface area contributed by atoms with E-state index in [1.165, 1.54) is 0 Å². The number of fused-ring (bicyclic) bond motifs is 3. The molecule has 146 valence electrons. The molecule has 0 amide bonds. The van der Waals surface area contributed by atoms with E-state index < -0.39 is 12.6 Å². The lowest BCUT2D eigenvalue weighted by atomic mass is 9.86. The number of hydrogen-bond donors (Lipinski definition) is 0. The molecule has 1 aliphatic heterocycles. The number of alkyl halides is 3. The van der Waals surface area contributed by atoms with E-state index in [4.69, 9.17) is 4.74 Å². The zero-order valence-corrected chi connectivity index (χ0v) is 15.4. The van der Waals surface area contributed by atoms with Gasteiger partial charge in [0.1, 0.15) is 0 Å². The van der Waals surface area contributed by atoms with E-state index in [0.717, 1.165) is 35.2 Å². The molecule has 6 heteroatoms. The average Bonchev–Trinajstić information content (AvgIpc) is 2.70. The lowest BCUT2D eigenvalue weighted by molar-refractivity contribution is -0.148. The Morgan fingerprint density at radius 2 is 1.93 bits per heavy atom. The third-order valence-corrected chi connectivity index (χ3v) is 5.29. The number of morpholine rings is 1. The number of halogens is 3. The standard InChI is InChI=1S/C22H21F3N2O/c23-22(24,25)10-11-27-12-13-28-21-18-14-17(7-6-16-4-2-1-3-5-16)15-26-19(18)8-9-20(21)27/h1-5,14-15,20-21H,8-13H2/t20-,21+/m0/s1. The first-order chi connectivity index (χ1) is 13.5. The van der Waals surface area contributed by atoms with E-state index in [2.05, 4.69) is 16.8 Å². The van der Waals surface area contributed by atoms with Crippen molar-refractivity contribution in [2.45, 2.75) is 37.6 Å². The summed E-state index contributed by atoms with van der Waals surface area (Å²) in [6.07, 6.45) is -1.89. The third-order valence-electron chi connectivity index (χ3n) is 5.29. The highest BCUT2D eigenvalue weighted by molar-refractivity contribution is 5.44. The van der Waals surface area contributed by atoms with Gasteiger partial charge >= 0.3 is 6.18 Å². The van der Waals surface area contributed by atoms with Gasteiger partial charge in [0.2, 0.25) is 0 Å². The van der Waals surface area contributed by atoms with Gasteiger partial charge in [-0.3, -0.25) is 9.88 Å². The Labute approximate surface area is 162 Å². The molecule has 0 radical (unpaired) electrons. The van der Waals surface area contributed by atoms with Crippen LogP contribution in [0.1, 0.15) is 41.3 Å². The van der Waals surface area contributed by atoms with Crippen molar-refractivity contribution in [1.82, 2.24) is 9.88 Å². The minimum Gasteiger partial charge on any atom is -0.370 e. The molecule has 1 aromatic carbocycles. The van der Waals surface area contributed by atoms with E-state index in [0.29, 0.717) is 13.2 Å². The lowest BCUT2D eigenvalue weighted by Gasteiger charge is -2.44. The Balaban J connectivity index is 1.55. The van der Waals surface area contributed by atoms with Crippen LogP contribution in [0.2, 0.25) is 0 Å². The predicted octanol–water partition coefficient (Wildman–Crippen LogP) is 4.12. The highest BCUT2D eigenvalue weighted by atomic mass is 19.4. The summed E-state index contributed by atoms with van der Waals surface area (Å²) in [5.74, 6) is 6.25. The number of hydrogen-bond acceptors (Lipinski definition) is 3. The quantitative estimate of drug-likeness (QED) is 0.726. The molecule has 0 saturated carbocycles. The van der Waals surface area contributed by atoms with Gasteiger partial charge in [-0.2, -0.15) is 13.2 Å². The Morgan fingerprint density at radius 3 is 2.71 bits per heavy atom. The van der Waals surface area contributed by atoms with E-state index in [-0.39, 0.29) is 18.7 Å². The molecule has 0 N–H and O–H groups in total. The Bertz CT molecular complexity index is 886. The number of pyridine rings is 1. The minimum atomic E-state index is -4.14. The molecule has 2 aliphatic rings. The first-order valence-electron chi connectivity index (χ1n) is 9.48. The van der Waals surface area contributed by atoms with Crippen LogP contribution in [0.25, 0.3) is 0 Å². The maximum Gasteiger partial charge on any atom is 0.390 e. The van der Waals surface area contributed by atoms with Crippen LogP contribution in [-0.2, 0) is 11.2 Å². The summed E-state index contributed by atoms with van der Waals surface area (Å²) in [5, 5.41) is 0. The van der Waals surface area contributed by atoms with Crippen LogP contribution < -0.4 is 0 Å². The number of nitrogens with zero attached hydrogens (tertiary/aromatic N) is 2. The molecule has 1 saturated heterocycles. The van der Waals surface area contributed by atoms with Crippen molar-refractivity contribution in [2.24, 2.45) is 0 Å². The lowest BCUT2D eigenvalue weighted by Crippen LogP contribution is -2.50. The Hall–Kier alpha value is -2.36. The highest BCUT2D eigenvalue weighted by Gasteiger charge is 2.39. The number of rotatable bonds is 2. The van der Waals surface area contributed by atoms with Crippen LogP contribution in [0.15, 0.2) is 42.6 Å². The zero-order chi connectivity index (χ0) is 19.6. The topological polar surface area (TPSA) is 25.4 Å². The summed E-state index contributed by atoms with van der Waals surface area (Å²) in [6.45, 7) is 0.982. The van der Waals surface area contributed by atoms with Crippen molar-refractivity contribution in [1.29, 1.82) is 0 Å². The predicted molar refractivity (Wildman–Crippen MR) is 99.7 cm³/mol. The van der Waals surface area contributed by atoms with Gasteiger partial charge in [0.15, 0.2) is 0 Å². The molecule has 0 unspecified atom stereocenters. The summed E-state index contributed by atoms with van der Waals surface area (Å²) in [7, 11) is 0. The first kappa shape index (κ1) is 19.0. The van der Waals surface area contributed by atoms with Crippen molar-refractivity contribution in [2.75, 3.05) is 19.7 Å². The Kier molecular flexibility index (Phi) is 5.38. The molecule has 28 heavy (non-hydrogen) atoms. The fourth-order valence-corrected chi connectivity index (χ4v) is 3.93. The van der Waals surface area contributed by atoms with E-state index in [1.807, 2.05) is 41.3 Å². The van der Waals surface area contributed by atoms with Gasteiger partial charge in [-0.15, -0.1) is 0 Å². The molecule has 1 aromatic heterocycles. The van der Waals surface area contributed by atoms with Crippen molar-refractivity contribution < 1.29 is 17.9 Å². The molecule has 2 atom stereocenters. The second kappa shape index (κ2) is 7.94. The summed E-state index contributed by atoms with van der Waals surface area (Å²) < 4.78 is 44.0. The van der Waals surface area contributed by atoms with E-state index in [1.54, 1.807) is 6.20 Å². The van der Waals surface area contributed by atoms with Gasteiger partial charge in [-0.25, -0.2) is 0 Å². The molecule has 4 rings (SSSR count). The van der Waals surface area contributed by atoms with Gasteiger partial charge in [0, 0.05) is 47.7 Å². The molecule has 0 bridgehead atoms. The summed E-state index contributed by atoms with van der Waals surface area (Å²) in [6, 6.07) is 11.6. The highest BCUT2D eigenvalue weighted by Crippen LogP contribution is 2.38. The van der Waals surface area contributed by atoms with Gasteiger partial charge in [-0.05, 0) is 31.0 Å². The van der Waals surface area contributed by atoms with E-state index in [9.17, 15) is 13.2 Å². The zero-order valence-electron chi connectivity index (χ0n) is 15.4. The molecule has 3 nitrogen and oxygen atoms in total. The van der Waals surface area contributed by atoms with Crippen molar-refractivity contribution >= 4 is 0 Å². The second-order valence-electron chi connectivity index (χ2n) is 7.17. The summed E-state index contributed by atoms with van der Waals surface area (Å²) in [5.41, 5.74) is 3.64. The summed E-state index contributed by atoms with van der Waals surface area (Å²) >= 11 is 0. The van der Waals surface area contributed by atoms with Crippen LogP contribution in [-0.4, -0.2) is 41.8 Å². The second-order valence-corrected chi connectivity index (χ2v) is 7.17. The Morgan fingerprint density at radius 1 is 1.14 bits per heavy atom. The largest absolute Gasteiger partial charge is 0.390 e. The number of aromatic nitrogens is 1. The fraction of sp³-hybridized carbons (Fsp3) is 0.409. The molecule has 2 aromatic rings. The monoisotopic (exact) mass is 386 g/mol. The van der Waals surface area contributed by atoms with Gasteiger partial charge < -0.3 is 4.74 Å². The van der Waals surface area contributed by atoms with Crippen molar-refractivity contribution in [3.05, 3.63) is 65.0 Å². The average molecular weight is 386 g/mol. The number of benzene rings is 1. The minimum absolute atomic E-state index is 0.0181. The van der Waals surface area contributed by atoms with Gasteiger partial charge in [-0.1, -0.05) is 30.0 Å². The maximum absolute atomic E-state index is 12.7. The van der Waals surface area contributed by atoms with Crippen LogP contribution in [0.4, 0.5) is 13.2 Å². The smallest absolute Gasteiger partial charge is 0.370 e. The third kappa shape index (κ3) is 4.37. The molecule has 1 fully saturated rings. The van der Waals surface area contributed by atoms with Crippen molar-refractivity contribution in [3.63, 3.8) is 0 Å². The van der Waals surface area contributed by atoms with Crippen LogP contribution in [0.3, 0.4) is 0 Å². The molecule has 2 heterocycles. The fourth-order valence-electron chi connectivity index (χ4n) is 3.93. The molecule has 0 spiro atoms. The van der Waals surface area contributed by atoms with Crippen molar-refractivity contribution in [3.8, 4) is 11.8 Å². The molecular formula is C22H21F3N2O. The number of aryl methyl sites for hydroxylation is 1. The van der Waals surface area contributed by atoms with Crippen LogP contribution >= 0.6 is 0 Å². The maximum atomic E-state index is 12.7. The van der Waals surface area contributed by atoms with Crippen LogP contribution in [0, 0.1) is 11.8 Å². The molecular weight excluding hydrogens is 365 g/mol. The first-order valence-corrected chi connectivity index (χ1v) is 9.48. The summed E-state index contributed by atoms with van der Waals surface area (Å²) in [4.78, 5) is 6.48. The van der Waals surface area contributed by atoms with E-state index >= 15 is 0 Å². The van der Waals surface area contributed by atoms with Gasteiger partial charge in [0.05, 0.1) is 19.1 Å². The van der Waals surface area contributed by atoms with Crippen LogP contribution in [0.5, 0.6) is 0 Å². The van der Waals surface area contributed by atoms with Gasteiger partial charge in [0.25, 0.3) is 0 Å². The number of ether oxygens (including phenoxy) is 1. The SMILES string of the molecule is FC(F)(F)CCN1CCO[C@@H]2c3cc(C#Cc4ccccc4)cnc3CC[C@@H]21. The molecule has 1 aliphatic carbocycles.